The van der Waals surface area contributed by atoms with Gasteiger partial charge in [0.2, 0.25) is 0 Å². The molecule has 0 saturated heterocycles. The van der Waals surface area contributed by atoms with Crippen LogP contribution in [0, 0.1) is 0 Å². The molecule has 2 aromatic carbocycles. The van der Waals surface area contributed by atoms with E-state index in [4.69, 9.17) is 58.0 Å². The first-order chi connectivity index (χ1) is 8.00. The monoisotopic (exact) mass is 324 g/mol. The van der Waals surface area contributed by atoms with Crippen molar-refractivity contribution in [1.82, 2.24) is 0 Å². The van der Waals surface area contributed by atoms with Crippen LogP contribution in [-0.2, 0) is 0 Å². The maximum Gasteiger partial charge on any atom is 0.0515 e. The van der Waals surface area contributed by atoms with Crippen molar-refractivity contribution in [3.05, 3.63) is 55.4 Å². The average Bonchev–Trinajstić information content (AvgIpc) is 2.21. The van der Waals surface area contributed by atoms with Gasteiger partial charge in [0, 0.05) is 26.2 Å². The smallest absolute Gasteiger partial charge is 0.0515 e. The van der Waals surface area contributed by atoms with Gasteiger partial charge in [-0.05, 0) is 24.3 Å². The molecule has 0 amide bonds. The van der Waals surface area contributed by atoms with E-state index in [-0.39, 0.29) is 0 Å². The van der Waals surface area contributed by atoms with E-state index in [0.29, 0.717) is 36.2 Å². The number of hydrogen-bond acceptors (Lipinski definition) is 0. The summed E-state index contributed by atoms with van der Waals surface area (Å²) in [5.74, 6) is 0. The van der Waals surface area contributed by atoms with Crippen LogP contribution in [0.15, 0.2) is 30.3 Å². The highest BCUT2D eigenvalue weighted by atomic mass is 35.5. The van der Waals surface area contributed by atoms with Gasteiger partial charge in [-0.15, -0.1) is 0 Å². The zero-order chi connectivity index (χ0) is 12.6. The molecule has 0 saturated carbocycles. The fourth-order valence-corrected chi connectivity index (χ4v) is 3.11. The molecule has 0 heterocycles. The Morgan fingerprint density at radius 2 is 1.00 bits per heavy atom. The Kier molecular flexibility index (Phi) is 4.12. The van der Waals surface area contributed by atoms with Crippen molar-refractivity contribution < 1.29 is 0 Å². The van der Waals surface area contributed by atoms with Crippen molar-refractivity contribution in [2.75, 3.05) is 0 Å². The molecule has 2 aromatic rings. The van der Waals surface area contributed by atoms with Crippen LogP contribution in [0.4, 0.5) is 0 Å². The van der Waals surface area contributed by atoms with Crippen LogP contribution >= 0.6 is 58.0 Å². The molecule has 0 aliphatic rings. The van der Waals surface area contributed by atoms with Gasteiger partial charge in [0.25, 0.3) is 0 Å². The maximum absolute atomic E-state index is 6.13. The number of rotatable bonds is 1. The summed E-state index contributed by atoms with van der Waals surface area (Å²) in [5, 5.41) is 2.27. The Bertz CT molecular complexity index is 534. The normalized spacial score (nSPS) is 10.6. The Hall–Kier alpha value is -0.110. The summed E-state index contributed by atoms with van der Waals surface area (Å²) in [6, 6.07) is 8.41. The molecule has 17 heavy (non-hydrogen) atoms. The molecule has 0 spiro atoms. The SMILES string of the molecule is Clc1cc(Cl)c(-c2c(Cl)cccc2Cl)c(Cl)c1. The molecular weight excluding hydrogens is 321 g/mol. The molecule has 0 unspecified atom stereocenters. The number of hydrogen-bond donors (Lipinski definition) is 0. The second kappa shape index (κ2) is 5.26. The Balaban J connectivity index is 2.77. The van der Waals surface area contributed by atoms with Crippen molar-refractivity contribution >= 4 is 58.0 Å². The third kappa shape index (κ3) is 2.67. The Morgan fingerprint density at radius 3 is 1.47 bits per heavy atom. The van der Waals surface area contributed by atoms with Crippen LogP contribution in [0.3, 0.4) is 0 Å². The first-order valence-corrected chi connectivity index (χ1v) is 6.48. The highest BCUT2D eigenvalue weighted by Crippen LogP contribution is 2.43. The molecule has 0 fully saturated rings. The van der Waals surface area contributed by atoms with E-state index in [9.17, 15) is 0 Å². The number of benzene rings is 2. The molecule has 0 aliphatic carbocycles. The van der Waals surface area contributed by atoms with Crippen molar-refractivity contribution in [3.8, 4) is 11.1 Å². The molecule has 2 rings (SSSR count). The molecule has 0 atom stereocenters. The van der Waals surface area contributed by atoms with Gasteiger partial charge in [0.1, 0.15) is 0 Å². The van der Waals surface area contributed by atoms with Gasteiger partial charge in [-0.3, -0.25) is 0 Å². The number of halogens is 5. The minimum atomic E-state index is 0.414. The van der Waals surface area contributed by atoms with Crippen LogP contribution in [0.25, 0.3) is 11.1 Å². The summed E-state index contributed by atoms with van der Waals surface area (Å²) in [6.45, 7) is 0. The molecule has 0 aromatic heterocycles. The summed E-state index contributed by atoms with van der Waals surface area (Å²) in [4.78, 5) is 0. The van der Waals surface area contributed by atoms with Crippen molar-refractivity contribution in [2.24, 2.45) is 0 Å². The van der Waals surface area contributed by atoms with Crippen molar-refractivity contribution in [3.63, 3.8) is 0 Å². The minimum Gasteiger partial charge on any atom is -0.0842 e. The van der Waals surface area contributed by atoms with Crippen LogP contribution in [-0.4, -0.2) is 0 Å². The lowest BCUT2D eigenvalue weighted by molar-refractivity contribution is 1.61. The topological polar surface area (TPSA) is 0 Å². The predicted molar refractivity (Wildman–Crippen MR) is 76.9 cm³/mol. The zero-order valence-corrected chi connectivity index (χ0v) is 12.1. The highest BCUT2D eigenvalue weighted by Gasteiger charge is 2.15. The van der Waals surface area contributed by atoms with Gasteiger partial charge >= 0.3 is 0 Å². The van der Waals surface area contributed by atoms with E-state index in [1.54, 1.807) is 30.3 Å². The van der Waals surface area contributed by atoms with Gasteiger partial charge in [-0.2, -0.15) is 0 Å². The van der Waals surface area contributed by atoms with Crippen molar-refractivity contribution in [2.45, 2.75) is 0 Å². The van der Waals surface area contributed by atoms with E-state index in [0.717, 1.165) is 0 Å². The highest BCUT2D eigenvalue weighted by molar-refractivity contribution is 6.45. The van der Waals surface area contributed by atoms with E-state index in [2.05, 4.69) is 0 Å². The van der Waals surface area contributed by atoms with E-state index >= 15 is 0 Å². The molecule has 0 radical (unpaired) electrons. The first-order valence-electron chi connectivity index (χ1n) is 4.59. The Morgan fingerprint density at radius 1 is 0.588 bits per heavy atom. The molecule has 5 heteroatoms. The largest absolute Gasteiger partial charge is 0.0842 e. The molecule has 0 bridgehead atoms. The van der Waals surface area contributed by atoms with Gasteiger partial charge in [-0.1, -0.05) is 64.1 Å². The summed E-state index contributed by atoms with van der Waals surface area (Å²) in [7, 11) is 0. The quantitative estimate of drug-likeness (QED) is 0.552. The van der Waals surface area contributed by atoms with Gasteiger partial charge in [0.05, 0.1) is 10.0 Å². The van der Waals surface area contributed by atoms with E-state index in [1.165, 1.54) is 0 Å². The van der Waals surface area contributed by atoms with Gasteiger partial charge in [-0.25, -0.2) is 0 Å². The molecule has 88 valence electrons. The summed E-state index contributed by atoms with van der Waals surface area (Å²) in [6.07, 6.45) is 0. The van der Waals surface area contributed by atoms with Crippen LogP contribution < -0.4 is 0 Å². The molecule has 0 N–H and O–H groups in total. The van der Waals surface area contributed by atoms with Crippen molar-refractivity contribution in [1.29, 1.82) is 0 Å². The maximum atomic E-state index is 6.13. The molecular formula is C12H5Cl5. The van der Waals surface area contributed by atoms with E-state index in [1.807, 2.05) is 0 Å². The summed E-state index contributed by atoms with van der Waals surface area (Å²) in [5.41, 5.74) is 1.20. The average molecular weight is 326 g/mol. The lowest BCUT2D eigenvalue weighted by Gasteiger charge is -2.11. The third-order valence-corrected chi connectivity index (χ3v) is 3.66. The summed E-state index contributed by atoms with van der Waals surface area (Å²) >= 11 is 30.3. The third-order valence-electron chi connectivity index (χ3n) is 2.22. The minimum absolute atomic E-state index is 0.414. The van der Waals surface area contributed by atoms with Crippen LogP contribution in [0.2, 0.25) is 25.1 Å². The molecule has 0 nitrogen and oxygen atoms in total. The van der Waals surface area contributed by atoms with Crippen LogP contribution in [0.5, 0.6) is 0 Å². The first kappa shape index (κ1) is 13.3. The summed E-state index contributed by atoms with van der Waals surface area (Å²) < 4.78 is 0. The lowest BCUT2D eigenvalue weighted by atomic mass is 10.1. The predicted octanol–water partition coefficient (Wildman–Crippen LogP) is 6.62. The molecule has 0 aliphatic heterocycles. The van der Waals surface area contributed by atoms with Crippen LogP contribution in [0.1, 0.15) is 0 Å². The fourth-order valence-electron chi connectivity index (χ4n) is 1.52. The standard InChI is InChI=1S/C12H5Cl5/c13-6-4-9(16)12(10(17)5-6)11-7(14)2-1-3-8(11)15/h1-5H. The second-order valence-electron chi connectivity index (χ2n) is 3.34. The van der Waals surface area contributed by atoms with Gasteiger partial charge < -0.3 is 0 Å². The fraction of sp³-hybridized carbons (Fsp3) is 0. The van der Waals surface area contributed by atoms with Gasteiger partial charge in [0.15, 0.2) is 0 Å². The second-order valence-corrected chi connectivity index (χ2v) is 5.41. The van der Waals surface area contributed by atoms with E-state index < -0.39 is 0 Å². The Labute approximate surface area is 124 Å². The zero-order valence-electron chi connectivity index (χ0n) is 8.28. The lowest BCUT2D eigenvalue weighted by Crippen LogP contribution is -1.85.